The molecule has 0 unspecified atom stereocenters. The highest BCUT2D eigenvalue weighted by Crippen LogP contribution is 2.11. The lowest BCUT2D eigenvalue weighted by molar-refractivity contribution is -0.123. The first kappa shape index (κ1) is 16.6. The summed E-state index contributed by atoms with van der Waals surface area (Å²) in [5, 5.41) is 0. The minimum absolute atomic E-state index is 0.0310. The maximum absolute atomic E-state index is 12.9. The van der Waals surface area contributed by atoms with Crippen molar-refractivity contribution in [3.05, 3.63) is 77.1 Å². The molecule has 0 N–H and O–H groups in total. The maximum Gasteiger partial charge on any atom is 0.246 e. The molecule has 2 aromatic carbocycles. The van der Waals surface area contributed by atoms with E-state index in [0.29, 0.717) is 5.56 Å². The molecule has 0 aliphatic heterocycles. The molecule has 3 nitrogen and oxygen atoms in total. The molecule has 0 heterocycles. The van der Waals surface area contributed by atoms with E-state index in [1.165, 1.54) is 23.1 Å². The number of nitrogens with zero attached hydrogens (tertiary/aromatic N) is 1. The topological polar surface area (TPSA) is 37.4 Å². The molecule has 0 saturated heterocycles. The number of rotatable bonds is 5. The van der Waals surface area contributed by atoms with Gasteiger partial charge in [0.1, 0.15) is 5.82 Å². The molecule has 23 heavy (non-hydrogen) atoms. The Bertz CT molecular complexity index is 716. The van der Waals surface area contributed by atoms with Crippen molar-refractivity contribution < 1.29 is 14.0 Å². The normalized spacial score (nSPS) is 10.7. The van der Waals surface area contributed by atoms with Gasteiger partial charge >= 0.3 is 0 Å². The fraction of sp³-hybridized carbons (Fsp3) is 0.158. The number of halogens is 1. The Morgan fingerprint density at radius 1 is 1.00 bits per heavy atom. The predicted molar refractivity (Wildman–Crippen MR) is 88.6 cm³/mol. The Hall–Kier alpha value is -2.75. The number of Topliss-reactive ketones (excluding diaryl/α,β-unsaturated/α-hetero) is 1. The highest BCUT2D eigenvalue weighted by Gasteiger charge is 2.07. The van der Waals surface area contributed by atoms with E-state index < -0.39 is 0 Å². The number of carbonyl (C=O) groups excluding carboxylic acids is 2. The number of amides is 1. The summed E-state index contributed by atoms with van der Waals surface area (Å²) in [6.07, 6.45) is 3.42. The van der Waals surface area contributed by atoms with Crippen LogP contribution >= 0.6 is 0 Å². The zero-order chi connectivity index (χ0) is 16.8. The van der Waals surface area contributed by atoms with Gasteiger partial charge in [0.15, 0.2) is 5.78 Å². The van der Waals surface area contributed by atoms with Gasteiger partial charge in [-0.2, -0.15) is 0 Å². The van der Waals surface area contributed by atoms with Gasteiger partial charge < -0.3 is 4.90 Å². The van der Waals surface area contributed by atoms with Gasteiger partial charge in [-0.15, -0.1) is 0 Å². The summed E-state index contributed by atoms with van der Waals surface area (Å²) in [5.41, 5.74) is 2.21. The summed E-state index contributed by atoms with van der Waals surface area (Å²) in [6.45, 7) is 0. The van der Waals surface area contributed by atoms with E-state index in [4.69, 9.17) is 0 Å². The lowest BCUT2D eigenvalue weighted by atomic mass is 10.0. The second-order valence-electron chi connectivity index (χ2n) is 5.41. The van der Waals surface area contributed by atoms with Crippen LogP contribution in [-0.4, -0.2) is 30.7 Å². The minimum Gasteiger partial charge on any atom is -0.345 e. The molecule has 118 valence electrons. The second-order valence-corrected chi connectivity index (χ2v) is 5.41. The van der Waals surface area contributed by atoms with Crippen molar-refractivity contribution in [3.8, 4) is 0 Å². The zero-order valence-corrected chi connectivity index (χ0v) is 13.1. The molecule has 0 aromatic heterocycles. The van der Waals surface area contributed by atoms with E-state index in [9.17, 15) is 14.0 Å². The number of likely N-dealkylation sites (N-methyl/N-ethyl adjacent to an activating group) is 1. The van der Waals surface area contributed by atoms with Crippen LogP contribution in [0.15, 0.2) is 54.6 Å². The summed E-state index contributed by atoms with van der Waals surface area (Å²) in [4.78, 5) is 25.2. The van der Waals surface area contributed by atoms with Crippen LogP contribution in [0.1, 0.15) is 21.5 Å². The van der Waals surface area contributed by atoms with Gasteiger partial charge in [-0.1, -0.05) is 36.4 Å². The first-order chi connectivity index (χ1) is 11.0. The molecule has 0 aliphatic rings. The molecular weight excluding hydrogens is 293 g/mol. The lowest BCUT2D eigenvalue weighted by Gasteiger charge is -2.05. The Balaban J connectivity index is 2.02. The first-order valence-corrected chi connectivity index (χ1v) is 7.23. The zero-order valence-electron chi connectivity index (χ0n) is 13.1. The first-order valence-electron chi connectivity index (χ1n) is 7.23. The SMILES string of the molecule is CN(C)C(=O)C=Cc1ccc(C(=O)Cc2ccc(F)cc2)cc1. The van der Waals surface area contributed by atoms with Gasteiger partial charge in [-0.3, -0.25) is 9.59 Å². The number of ketones is 1. The highest BCUT2D eigenvalue weighted by atomic mass is 19.1. The number of carbonyl (C=O) groups is 2. The van der Waals surface area contributed by atoms with Gasteiger partial charge in [0.05, 0.1) is 0 Å². The van der Waals surface area contributed by atoms with Crippen LogP contribution in [-0.2, 0) is 11.2 Å². The summed E-state index contributed by atoms with van der Waals surface area (Å²) in [5.74, 6) is -0.442. The average molecular weight is 311 g/mol. The van der Waals surface area contributed by atoms with Crippen molar-refractivity contribution in [2.24, 2.45) is 0 Å². The summed E-state index contributed by atoms with van der Waals surface area (Å²) in [6, 6.07) is 12.9. The minimum atomic E-state index is -0.315. The van der Waals surface area contributed by atoms with Crippen molar-refractivity contribution in [2.75, 3.05) is 14.1 Å². The average Bonchev–Trinajstić information content (AvgIpc) is 2.55. The third kappa shape index (κ3) is 4.88. The third-order valence-electron chi connectivity index (χ3n) is 3.37. The summed E-state index contributed by atoms with van der Waals surface area (Å²) < 4.78 is 12.9. The standard InChI is InChI=1S/C19H18FNO2/c1-21(2)19(23)12-7-14-3-8-16(9-4-14)18(22)13-15-5-10-17(20)11-6-15/h3-12H,13H2,1-2H3. The van der Waals surface area contributed by atoms with Crippen molar-refractivity contribution in [2.45, 2.75) is 6.42 Å². The van der Waals surface area contributed by atoms with Crippen LogP contribution in [0.2, 0.25) is 0 Å². The van der Waals surface area contributed by atoms with Crippen LogP contribution < -0.4 is 0 Å². The largest absolute Gasteiger partial charge is 0.345 e. The molecule has 2 aromatic rings. The molecular formula is C19H18FNO2. The predicted octanol–water partition coefficient (Wildman–Crippen LogP) is 3.35. The fourth-order valence-electron chi connectivity index (χ4n) is 1.99. The lowest BCUT2D eigenvalue weighted by Crippen LogP contribution is -2.18. The van der Waals surface area contributed by atoms with Gasteiger partial charge in [0, 0.05) is 32.2 Å². The van der Waals surface area contributed by atoms with Gasteiger partial charge in [-0.25, -0.2) is 4.39 Å². The van der Waals surface area contributed by atoms with Crippen LogP contribution in [0.25, 0.3) is 6.08 Å². The molecule has 4 heteroatoms. The van der Waals surface area contributed by atoms with Gasteiger partial charge in [0.25, 0.3) is 0 Å². The van der Waals surface area contributed by atoms with E-state index in [0.717, 1.165) is 11.1 Å². The molecule has 0 spiro atoms. The Kier molecular flexibility index (Phi) is 5.41. The monoisotopic (exact) mass is 311 g/mol. The van der Waals surface area contributed by atoms with Gasteiger partial charge in [0.2, 0.25) is 5.91 Å². The van der Waals surface area contributed by atoms with Crippen molar-refractivity contribution >= 4 is 17.8 Å². The Morgan fingerprint density at radius 3 is 2.17 bits per heavy atom. The van der Waals surface area contributed by atoms with Crippen molar-refractivity contribution in [3.63, 3.8) is 0 Å². The van der Waals surface area contributed by atoms with E-state index in [1.54, 1.807) is 56.6 Å². The quantitative estimate of drug-likeness (QED) is 0.627. The van der Waals surface area contributed by atoms with Crippen LogP contribution in [0.4, 0.5) is 4.39 Å². The van der Waals surface area contributed by atoms with E-state index in [1.807, 2.05) is 0 Å². The fourth-order valence-corrected chi connectivity index (χ4v) is 1.99. The molecule has 0 bridgehead atoms. The van der Waals surface area contributed by atoms with Crippen molar-refractivity contribution in [1.82, 2.24) is 4.90 Å². The van der Waals surface area contributed by atoms with Crippen LogP contribution in [0.3, 0.4) is 0 Å². The Labute approximate surface area is 135 Å². The Morgan fingerprint density at radius 2 is 1.61 bits per heavy atom. The van der Waals surface area contributed by atoms with Crippen LogP contribution in [0, 0.1) is 5.82 Å². The van der Waals surface area contributed by atoms with Crippen LogP contribution in [0.5, 0.6) is 0 Å². The second kappa shape index (κ2) is 7.49. The molecule has 0 aliphatic carbocycles. The number of hydrogen-bond donors (Lipinski definition) is 0. The summed E-state index contributed by atoms with van der Waals surface area (Å²) in [7, 11) is 3.37. The number of hydrogen-bond acceptors (Lipinski definition) is 2. The van der Waals surface area contributed by atoms with E-state index >= 15 is 0 Å². The summed E-state index contributed by atoms with van der Waals surface area (Å²) >= 11 is 0. The molecule has 1 amide bonds. The van der Waals surface area contributed by atoms with E-state index in [-0.39, 0.29) is 23.9 Å². The third-order valence-corrected chi connectivity index (χ3v) is 3.37. The van der Waals surface area contributed by atoms with Crippen molar-refractivity contribution in [1.29, 1.82) is 0 Å². The smallest absolute Gasteiger partial charge is 0.246 e. The molecule has 2 rings (SSSR count). The molecule has 0 fully saturated rings. The molecule has 0 atom stereocenters. The molecule has 0 radical (unpaired) electrons. The highest BCUT2D eigenvalue weighted by molar-refractivity contribution is 5.97. The molecule has 0 saturated carbocycles. The number of benzene rings is 2. The van der Waals surface area contributed by atoms with E-state index in [2.05, 4.69) is 0 Å². The maximum atomic E-state index is 12.9. The van der Waals surface area contributed by atoms with Gasteiger partial charge in [-0.05, 0) is 29.3 Å².